The third kappa shape index (κ3) is 4.20. The van der Waals surface area contributed by atoms with Gasteiger partial charge in [-0.3, -0.25) is 14.2 Å². The van der Waals surface area contributed by atoms with Crippen LogP contribution in [0.2, 0.25) is 0 Å². The number of benzene rings is 1. The first-order valence-corrected chi connectivity index (χ1v) is 9.77. The molecule has 0 fully saturated rings. The predicted molar refractivity (Wildman–Crippen MR) is 107 cm³/mol. The number of thioether (sulfide) groups is 1. The SMILES string of the molecule is COC(=O)c1cccc(NC(=O)CSc2nc3sc(C)cc3c(=O)n2C)c1. The molecule has 0 atom stereocenters. The van der Waals surface area contributed by atoms with E-state index in [-0.39, 0.29) is 17.2 Å². The third-order valence-corrected chi connectivity index (χ3v) is 5.73. The van der Waals surface area contributed by atoms with Gasteiger partial charge in [0.25, 0.3) is 5.56 Å². The second-order valence-corrected chi connectivity index (χ2v) is 7.92. The molecule has 0 unspecified atom stereocenters. The van der Waals surface area contributed by atoms with Crippen LogP contribution in [0.4, 0.5) is 5.69 Å². The van der Waals surface area contributed by atoms with Gasteiger partial charge in [0.2, 0.25) is 5.91 Å². The highest BCUT2D eigenvalue weighted by Gasteiger charge is 2.13. The van der Waals surface area contributed by atoms with Crippen LogP contribution < -0.4 is 10.9 Å². The molecular weight excluding hydrogens is 386 g/mol. The lowest BCUT2D eigenvalue weighted by atomic mass is 10.2. The number of rotatable bonds is 5. The minimum Gasteiger partial charge on any atom is -0.465 e. The number of esters is 1. The zero-order chi connectivity index (χ0) is 19.6. The van der Waals surface area contributed by atoms with Crippen LogP contribution in [0.3, 0.4) is 0 Å². The number of anilines is 1. The summed E-state index contributed by atoms with van der Waals surface area (Å²) in [6.07, 6.45) is 0. The zero-order valence-corrected chi connectivity index (χ0v) is 16.6. The molecule has 2 heterocycles. The summed E-state index contributed by atoms with van der Waals surface area (Å²) < 4.78 is 6.12. The molecule has 0 aliphatic heterocycles. The first-order chi connectivity index (χ1) is 12.9. The van der Waals surface area contributed by atoms with Gasteiger partial charge in [-0.05, 0) is 31.2 Å². The molecule has 0 aliphatic carbocycles. The first-order valence-electron chi connectivity index (χ1n) is 7.97. The standard InChI is InChI=1S/C18H17N3O4S2/c1-10-7-13-15(27-10)20-18(21(2)16(13)23)26-9-14(22)19-12-6-4-5-11(8-12)17(24)25-3/h4-8H,9H2,1-3H3,(H,19,22). The summed E-state index contributed by atoms with van der Waals surface area (Å²) in [6.45, 7) is 1.93. The first kappa shape index (κ1) is 19.1. The smallest absolute Gasteiger partial charge is 0.337 e. The van der Waals surface area contributed by atoms with Crippen LogP contribution in [-0.2, 0) is 16.6 Å². The lowest BCUT2D eigenvalue weighted by Crippen LogP contribution is -2.21. The van der Waals surface area contributed by atoms with Gasteiger partial charge in [0.05, 0.1) is 23.8 Å². The number of nitrogens with one attached hydrogen (secondary N) is 1. The molecule has 0 aliphatic rings. The van der Waals surface area contributed by atoms with Crippen LogP contribution in [0.1, 0.15) is 15.2 Å². The number of carbonyl (C=O) groups excluding carboxylic acids is 2. The second kappa shape index (κ2) is 7.93. The van der Waals surface area contributed by atoms with Crippen molar-refractivity contribution in [3.63, 3.8) is 0 Å². The molecule has 140 valence electrons. The van der Waals surface area contributed by atoms with Crippen molar-refractivity contribution in [1.82, 2.24) is 9.55 Å². The molecule has 7 nitrogen and oxygen atoms in total. The van der Waals surface area contributed by atoms with E-state index in [1.165, 1.54) is 34.8 Å². The fourth-order valence-corrected chi connectivity index (χ4v) is 4.16. The monoisotopic (exact) mass is 403 g/mol. The normalized spacial score (nSPS) is 10.8. The molecule has 1 amide bonds. The molecule has 0 radical (unpaired) electrons. The van der Waals surface area contributed by atoms with Crippen molar-refractivity contribution in [3.05, 3.63) is 51.1 Å². The van der Waals surface area contributed by atoms with Gasteiger partial charge in [-0.2, -0.15) is 0 Å². The highest BCUT2D eigenvalue weighted by molar-refractivity contribution is 7.99. The Labute approximate surface area is 163 Å². The van der Waals surface area contributed by atoms with E-state index in [2.05, 4.69) is 15.0 Å². The Hall–Kier alpha value is -2.65. The van der Waals surface area contributed by atoms with Gasteiger partial charge in [0, 0.05) is 17.6 Å². The number of nitrogens with zero attached hydrogens (tertiary/aromatic N) is 2. The number of aryl methyl sites for hydroxylation is 1. The number of fused-ring (bicyclic) bond motifs is 1. The maximum Gasteiger partial charge on any atom is 0.337 e. The number of ether oxygens (including phenoxy) is 1. The van der Waals surface area contributed by atoms with E-state index in [1.807, 2.05) is 13.0 Å². The van der Waals surface area contributed by atoms with Crippen LogP contribution in [0, 0.1) is 6.92 Å². The van der Waals surface area contributed by atoms with Gasteiger partial charge < -0.3 is 10.1 Å². The Bertz CT molecular complexity index is 1090. The van der Waals surface area contributed by atoms with E-state index in [9.17, 15) is 14.4 Å². The van der Waals surface area contributed by atoms with Crippen LogP contribution in [0.5, 0.6) is 0 Å². The molecule has 1 aromatic carbocycles. The van der Waals surface area contributed by atoms with Crippen LogP contribution in [-0.4, -0.2) is 34.3 Å². The Morgan fingerprint density at radius 2 is 2.11 bits per heavy atom. The Morgan fingerprint density at radius 1 is 1.33 bits per heavy atom. The number of amides is 1. The van der Waals surface area contributed by atoms with Crippen molar-refractivity contribution in [1.29, 1.82) is 0 Å². The van der Waals surface area contributed by atoms with Crippen molar-refractivity contribution < 1.29 is 14.3 Å². The van der Waals surface area contributed by atoms with Gasteiger partial charge in [-0.1, -0.05) is 17.8 Å². The van der Waals surface area contributed by atoms with Gasteiger partial charge >= 0.3 is 5.97 Å². The fraction of sp³-hybridized carbons (Fsp3) is 0.222. The van der Waals surface area contributed by atoms with Gasteiger partial charge in [-0.25, -0.2) is 9.78 Å². The largest absolute Gasteiger partial charge is 0.465 e. The number of hydrogen-bond acceptors (Lipinski definition) is 7. The topological polar surface area (TPSA) is 90.3 Å². The van der Waals surface area contributed by atoms with E-state index >= 15 is 0 Å². The van der Waals surface area contributed by atoms with E-state index < -0.39 is 5.97 Å². The third-order valence-electron chi connectivity index (χ3n) is 3.75. The summed E-state index contributed by atoms with van der Waals surface area (Å²) >= 11 is 2.63. The van der Waals surface area contributed by atoms with E-state index in [0.29, 0.717) is 26.6 Å². The van der Waals surface area contributed by atoms with Crippen molar-refractivity contribution in [2.75, 3.05) is 18.2 Å². The van der Waals surface area contributed by atoms with Crippen molar-refractivity contribution >= 4 is 50.9 Å². The van der Waals surface area contributed by atoms with Crippen molar-refractivity contribution in [2.24, 2.45) is 7.05 Å². The average Bonchev–Trinajstić information content (AvgIpc) is 3.03. The Morgan fingerprint density at radius 3 is 2.85 bits per heavy atom. The summed E-state index contributed by atoms with van der Waals surface area (Å²) in [6, 6.07) is 8.32. The number of methoxy groups -OCH3 is 1. The molecular formula is C18H17N3O4S2. The molecule has 0 spiro atoms. The molecule has 0 saturated carbocycles. The molecule has 1 N–H and O–H groups in total. The maximum absolute atomic E-state index is 12.4. The summed E-state index contributed by atoms with van der Waals surface area (Å²) in [5.74, 6) is -0.656. The minimum atomic E-state index is -0.473. The summed E-state index contributed by atoms with van der Waals surface area (Å²) in [5.41, 5.74) is 0.721. The minimum absolute atomic E-state index is 0.0819. The van der Waals surface area contributed by atoms with E-state index in [0.717, 1.165) is 4.88 Å². The average molecular weight is 403 g/mol. The number of thiophene rings is 1. The van der Waals surface area contributed by atoms with Crippen LogP contribution in [0.15, 0.2) is 40.3 Å². The molecule has 3 aromatic rings. The van der Waals surface area contributed by atoms with Crippen molar-refractivity contribution in [3.8, 4) is 0 Å². The Balaban J connectivity index is 1.71. The predicted octanol–water partition coefficient (Wildman–Crippen LogP) is 2.82. The molecule has 27 heavy (non-hydrogen) atoms. The number of hydrogen-bond donors (Lipinski definition) is 1. The highest BCUT2D eigenvalue weighted by Crippen LogP contribution is 2.23. The zero-order valence-electron chi connectivity index (χ0n) is 14.9. The van der Waals surface area contributed by atoms with Crippen molar-refractivity contribution in [2.45, 2.75) is 12.1 Å². The molecule has 2 aromatic heterocycles. The lowest BCUT2D eigenvalue weighted by molar-refractivity contribution is -0.113. The maximum atomic E-state index is 12.4. The molecule has 0 saturated heterocycles. The van der Waals surface area contributed by atoms with Crippen LogP contribution >= 0.6 is 23.1 Å². The molecule has 0 bridgehead atoms. The fourth-order valence-electron chi connectivity index (χ4n) is 2.47. The quantitative estimate of drug-likeness (QED) is 0.400. The summed E-state index contributed by atoms with van der Waals surface area (Å²) in [4.78, 5) is 42.4. The van der Waals surface area contributed by atoms with Gasteiger partial charge in [0.15, 0.2) is 5.16 Å². The van der Waals surface area contributed by atoms with Gasteiger partial charge in [0.1, 0.15) is 4.83 Å². The molecule has 9 heteroatoms. The highest BCUT2D eigenvalue weighted by atomic mass is 32.2. The van der Waals surface area contributed by atoms with E-state index in [4.69, 9.17) is 0 Å². The molecule has 3 rings (SSSR count). The summed E-state index contributed by atoms with van der Waals surface area (Å²) in [7, 11) is 2.94. The van der Waals surface area contributed by atoms with E-state index in [1.54, 1.807) is 31.3 Å². The van der Waals surface area contributed by atoms with Gasteiger partial charge in [-0.15, -0.1) is 11.3 Å². The van der Waals surface area contributed by atoms with Crippen LogP contribution in [0.25, 0.3) is 10.2 Å². The number of carbonyl (C=O) groups is 2. The Kier molecular flexibility index (Phi) is 5.62. The lowest BCUT2D eigenvalue weighted by Gasteiger charge is -2.08. The second-order valence-electron chi connectivity index (χ2n) is 5.74. The summed E-state index contributed by atoms with van der Waals surface area (Å²) in [5, 5.41) is 3.80. The number of aromatic nitrogens is 2.